The Labute approximate surface area is 109 Å². The predicted octanol–water partition coefficient (Wildman–Crippen LogP) is 1.74. The molecule has 3 rings (SSSR count). The molecule has 4 heteroatoms. The zero-order valence-corrected chi connectivity index (χ0v) is 11.6. The van der Waals surface area contributed by atoms with Crippen LogP contribution in [0.3, 0.4) is 0 Å². The Morgan fingerprint density at radius 3 is 2.94 bits per heavy atom. The second kappa shape index (κ2) is 5.00. The van der Waals surface area contributed by atoms with Gasteiger partial charge in [0, 0.05) is 25.9 Å². The van der Waals surface area contributed by atoms with Crippen LogP contribution in [0.1, 0.15) is 38.3 Å². The highest BCUT2D eigenvalue weighted by molar-refractivity contribution is 4.99. The summed E-state index contributed by atoms with van der Waals surface area (Å²) in [4.78, 5) is 7.28. The van der Waals surface area contributed by atoms with Crippen LogP contribution in [0.4, 0.5) is 0 Å². The lowest BCUT2D eigenvalue weighted by molar-refractivity contribution is 0.340. The Morgan fingerprint density at radius 2 is 2.17 bits per heavy atom. The van der Waals surface area contributed by atoms with Crippen molar-refractivity contribution >= 4 is 0 Å². The first-order valence-corrected chi connectivity index (χ1v) is 7.39. The van der Waals surface area contributed by atoms with Crippen molar-refractivity contribution in [2.24, 2.45) is 11.8 Å². The minimum Gasteiger partial charge on any atom is -0.303 e. The fourth-order valence-electron chi connectivity index (χ4n) is 3.22. The molecule has 100 valence electrons. The van der Waals surface area contributed by atoms with Crippen LogP contribution in [0.2, 0.25) is 0 Å². The first-order valence-electron chi connectivity index (χ1n) is 7.39. The lowest BCUT2D eigenvalue weighted by atomic mass is 10.0. The maximum atomic E-state index is 4.75. The summed E-state index contributed by atoms with van der Waals surface area (Å²) in [5.74, 6) is 3.85. The lowest BCUT2D eigenvalue weighted by Crippen LogP contribution is -2.20. The normalized spacial score (nSPS) is 28.6. The van der Waals surface area contributed by atoms with Gasteiger partial charge < -0.3 is 4.90 Å². The van der Waals surface area contributed by atoms with E-state index in [9.17, 15) is 0 Å². The van der Waals surface area contributed by atoms with Gasteiger partial charge in [-0.25, -0.2) is 9.67 Å². The third kappa shape index (κ3) is 2.44. The maximum absolute atomic E-state index is 4.75. The molecule has 2 unspecified atom stereocenters. The van der Waals surface area contributed by atoms with E-state index in [0.717, 1.165) is 37.0 Å². The largest absolute Gasteiger partial charge is 0.303 e. The summed E-state index contributed by atoms with van der Waals surface area (Å²) < 4.78 is 2.14. The third-order valence-electron chi connectivity index (χ3n) is 4.45. The Kier molecular flexibility index (Phi) is 3.37. The van der Waals surface area contributed by atoms with Gasteiger partial charge in [-0.2, -0.15) is 5.10 Å². The van der Waals surface area contributed by atoms with E-state index in [-0.39, 0.29) is 0 Å². The molecule has 0 bridgehead atoms. The van der Waals surface area contributed by atoms with E-state index < -0.39 is 0 Å². The van der Waals surface area contributed by atoms with E-state index in [1.807, 2.05) is 0 Å². The molecule has 0 amide bonds. The van der Waals surface area contributed by atoms with Crippen molar-refractivity contribution in [1.29, 1.82) is 0 Å². The quantitative estimate of drug-likeness (QED) is 0.817. The van der Waals surface area contributed by atoms with Gasteiger partial charge in [0.1, 0.15) is 5.82 Å². The molecule has 0 radical (unpaired) electrons. The van der Waals surface area contributed by atoms with Gasteiger partial charge >= 0.3 is 0 Å². The predicted molar refractivity (Wildman–Crippen MR) is 71.4 cm³/mol. The summed E-state index contributed by atoms with van der Waals surface area (Å²) >= 11 is 0. The average Bonchev–Trinajstić information content (AvgIpc) is 2.95. The van der Waals surface area contributed by atoms with Gasteiger partial charge in [0.2, 0.25) is 0 Å². The molecule has 0 N–H and O–H groups in total. The Hall–Kier alpha value is -0.900. The van der Waals surface area contributed by atoms with Gasteiger partial charge in [-0.1, -0.05) is 13.8 Å². The van der Waals surface area contributed by atoms with Crippen LogP contribution in [0.15, 0.2) is 0 Å². The molecule has 0 spiro atoms. The molecule has 4 nitrogen and oxygen atoms in total. The Morgan fingerprint density at radius 1 is 1.28 bits per heavy atom. The first-order chi connectivity index (χ1) is 8.74. The molecular formula is C14H24N4. The van der Waals surface area contributed by atoms with Crippen molar-refractivity contribution in [2.45, 2.75) is 46.1 Å². The summed E-state index contributed by atoms with van der Waals surface area (Å²) in [6.45, 7) is 9.30. The van der Waals surface area contributed by atoms with Gasteiger partial charge in [0.25, 0.3) is 0 Å². The maximum Gasteiger partial charge on any atom is 0.151 e. The van der Waals surface area contributed by atoms with E-state index in [1.54, 1.807) is 0 Å². The van der Waals surface area contributed by atoms with Crippen molar-refractivity contribution in [3.8, 4) is 0 Å². The van der Waals surface area contributed by atoms with Crippen LogP contribution >= 0.6 is 0 Å². The topological polar surface area (TPSA) is 34.0 Å². The van der Waals surface area contributed by atoms with Crippen LogP contribution in [0.5, 0.6) is 0 Å². The van der Waals surface area contributed by atoms with Crippen molar-refractivity contribution < 1.29 is 0 Å². The second-order valence-electron chi connectivity index (χ2n) is 6.02. The minimum atomic E-state index is 0.770. The number of hydrogen-bond donors (Lipinski definition) is 0. The van der Waals surface area contributed by atoms with E-state index in [2.05, 4.69) is 28.5 Å². The molecule has 0 saturated carbocycles. The van der Waals surface area contributed by atoms with Crippen LogP contribution in [-0.4, -0.2) is 39.3 Å². The van der Waals surface area contributed by atoms with Crippen LogP contribution in [0, 0.1) is 11.8 Å². The van der Waals surface area contributed by atoms with Gasteiger partial charge in [0.15, 0.2) is 5.82 Å². The highest BCUT2D eigenvalue weighted by atomic mass is 15.3. The molecule has 0 aliphatic carbocycles. The number of rotatable bonds is 3. The number of aromatic nitrogens is 3. The monoisotopic (exact) mass is 248 g/mol. The fraction of sp³-hybridized carbons (Fsp3) is 0.857. The van der Waals surface area contributed by atoms with E-state index in [4.69, 9.17) is 4.98 Å². The number of fused-ring (bicyclic) bond motifs is 1. The van der Waals surface area contributed by atoms with E-state index in [1.165, 1.54) is 38.3 Å². The molecule has 2 atom stereocenters. The van der Waals surface area contributed by atoms with Crippen molar-refractivity contribution in [1.82, 2.24) is 19.7 Å². The average molecular weight is 248 g/mol. The zero-order chi connectivity index (χ0) is 12.5. The third-order valence-corrected chi connectivity index (χ3v) is 4.45. The van der Waals surface area contributed by atoms with Crippen molar-refractivity contribution in [3.05, 3.63) is 11.6 Å². The molecule has 1 aromatic rings. The van der Waals surface area contributed by atoms with Crippen LogP contribution in [0.25, 0.3) is 0 Å². The highest BCUT2D eigenvalue weighted by Crippen LogP contribution is 2.22. The van der Waals surface area contributed by atoms with Gasteiger partial charge in [0.05, 0.1) is 0 Å². The summed E-state index contributed by atoms with van der Waals surface area (Å²) in [6, 6.07) is 0. The molecule has 18 heavy (non-hydrogen) atoms. The number of likely N-dealkylation sites (tertiary alicyclic amines) is 1. The fourth-order valence-corrected chi connectivity index (χ4v) is 3.22. The standard InChI is InChI=1S/C14H24N4/c1-3-17-6-5-12(10-17)9-13-15-14-8-11(2)4-7-18(14)16-13/h11-12H,3-10H2,1-2H3. The Bertz CT molecular complexity index is 412. The van der Waals surface area contributed by atoms with Gasteiger partial charge in [-0.05, 0) is 37.8 Å². The van der Waals surface area contributed by atoms with Gasteiger partial charge in [-0.15, -0.1) is 0 Å². The second-order valence-corrected chi connectivity index (χ2v) is 6.02. The summed E-state index contributed by atoms with van der Waals surface area (Å²) in [6.07, 6.45) is 4.75. The molecule has 1 aromatic heterocycles. The number of aryl methyl sites for hydroxylation is 1. The summed E-state index contributed by atoms with van der Waals surface area (Å²) in [5.41, 5.74) is 0. The molecule has 1 fully saturated rings. The molecule has 3 heterocycles. The van der Waals surface area contributed by atoms with Crippen LogP contribution < -0.4 is 0 Å². The van der Waals surface area contributed by atoms with E-state index >= 15 is 0 Å². The number of hydrogen-bond acceptors (Lipinski definition) is 3. The van der Waals surface area contributed by atoms with Gasteiger partial charge in [-0.3, -0.25) is 0 Å². The first kappa shape index (κ1) is 12.2. The molecule has 1 saturated heterocycles. The molecule has 2 aliphatic rings. The smallest absolute Gasteiger partial charge is 0.151 e. The summed E-state index contributed by atoms with van der Waals surface area (Å²) in [7, 11) is 0. The van der Waals surface area contributed by atoms with Crippen molar-refractivity contribution in [3.63, 3.8) is 0 Å². The number of nitrogens with zero attached hydrogens (tertiary/aromatic N) is 4. The minimum absolute atomic E-state index is 0.770. The zero-order valence-electron chi connectivity index (χ0n) is 11.6. The SMILES string of the molecule is CCN1CCC(Cc2nc3n(n2)CCC(C)C3)C1. The molecular weight excluding hydrogens is 224 g/mol. The van der Waals surface area contributed by atoms with E-state index in [0.29, 0.717) is 0 Å². The Balaban J connectivity index is 1.64. The van der Waals surface area contributed by atoms with Crippen molar-refractivity contribution in [2.75, 3.05) is 19.6 Å². The molecule has 0 aromatic carbocycles. The highest BCUT2D eigenvalue weighted by Gasteiger charge is 2.24. The molecule has 2 aliphatic heterocycles. The van der Waals surface area contributed by atoms with Crippen LogP contribution in [-0.2, 0) is 19.4 Å². The lowest BCUT2D eigenvalue weighted by Gasteiger charge is -2.17. The summed E-state index contributed by atoms with van der Waals surface area (Å²) in [5, 5.41) is 4.69.